The third-order valence-corrected chi connectivity index (χ3v) is 4.09. The third kappa shape index (κ3) is 5.15. The molecule has 1 fully saturated rings. The van der Waals surface area contributed by atoms with E-state index in [2.05, 4.69) is 17.1 Å². The van der Waals surface area contributed by atoms with Crippen molar-refractivity contribution in [1.29, 1.82) is 0 Å². The Balaban J connectivity index is 1.64. The van der Waals surface area contributed by atoms with Crippen molar-refractivity contribution in [2.45, 2.75) is 19.8 Å². The molecule has 2 rings (SSSR count). The van der Waals surface area contributed by atoms with Gasteiger partial charge in [0.05, 0.1) is 6.54 Å². The molecule has 120 valence electrons. The van der Waals surface area contributed by atoms with Crippen molar-refractivity contribution in [2.24, 2.45) is 0 Å². The highest BCUT2D eigenvalue weighted by Crippen LogP contribution is 2.03. The Bertz CT molecular complexity index is 482. The Morgan fingerprint density at radius 1 is 1.09 bits per heavy atom. The highest BCUT2D eigenvalue weighted by atomic mass is 16.2. The molecule has 22 heavy (non-hydrogen) atoms. The van der Waals surface area contributed by atoms with E-state index in [4.69, 9.17) is 0 Å². The molecule has 5 nitrogen and oxygen atoms in total. The molecular weight excluding hydrogens is 278 g/mol. The number of carbonyl (C=O) groups excluding carboxylic acids is 2. The highest BCUT2D eigenvalue weighted by Gasteiger charge is 2.20. The normalized spacial score (nSPS) is 15.6. The van der Waals surface area contributed by atoms with Gasteiger partial charge in [-0.15, -0.1) is 0 Å². The maximum absolute atomic E-state index is 12.1. The minimum Gasteiger partial charge on any atom is -0.347 e. The smallest absolute Gasteiger partial charge is 0.242 e. The summed E-state index contributed by atoms with van der Waals surface area (Å²) in [5.74, 6) is -0.0480. The molecule has 1 aromatic carbocycles. The number of aryl methyl sites for hydroxylation is 1. The van der Waals surface area contributed by atoms with Crippen LogP contribution in [0.3, 0.4) is 0 Å². The van der Waals surface area contributed by atoms with Crippen molar-refractivity contribution in [3.8, 4) is 0 Å². The number of carbonyl (C=O) groups is 2. The number of piperazine rings is 1. The minimum atomic E-state index is -0.0654. The first kappa shape index (κ1) is 16.5. The Morgan fingerprint density at radius 2 is 1.77 bits per heavy atom. The van der Waals surface area contributed by atoms with Crippen LogP contribution in [0.1, 0.15) is 18.9 Å². The molecule has 0 spiro atoms. The summed E-state index contributed by atoms with van der Waals surface area (Å²) in [6.07, 6.45) is 1.12. The highest BCUT2D eigenvalue weighted by molar-refractivity contribution is 5.84. The van der Waals surface area contributed by atoms with Gasteiger partial charge in [-0.05, 0) is 18.5 Å². The first-order valence-electron chi connectivity index (χ1n) is 7.99. The van der Waals surface area contributed by atoms with Gasteiger partial charge < -0.3 is 15.1 Å². The average Bonchev–Trinajstić information content (AvgIpc) is 2.58. The van der Waals surface area contributed by atoms with Crippen LogP contribution in [0.4, 0.5) is 0 Å². The number of hydrogen-bond acceptors (Lipinski definition) is 3. The molecule has 5 heteroatoms. The van der Waals surface area contributed by atoms with Crippen molar-refractivity contribution in [3.63, 3.8) is 0 Å². The lowest BCUT2D eigenvalue weighted by atomic mass is 10.1. The molecule has 0 unspecified atom stereocenters. The summed E-state index contributed by atoms with van der Waals surface area (Å²) >= 11 is 0. The second-order valence-electron chi connectivity index (χ2n) is 5.58. The fourth-order valence-corrected chi connectivity index (χ4v) is 2.59. The van der Waals surface area contributed by atoms with Crippen LogP contribution in [-0.4, -0.2) is 60.9 Å². The van der Waals surface area contributed by atoms with E-state index >= 15 is 0 Å². The summed E-state index contributed by atoms with van der Waals surface area (Å²) < 4.78 is 0. The molecule has 0 bridgehead atoms. The molecule has 1 heterocycles. The molecule has 0 atom stereocenters. The van der Waals surface area contributed by atoms with Crippen LogP contribution in [0, 0.1) is 0 Å². The predicted molar refractivity (Wildman–Crippen MR) is 86.5 cm³/mol. The number of likely N-dealkylation sites (N-methyl/N-ethyl adjacent to an activating group) is 1. The molecule has 0 radical (unpaired) electrons. The molecule has 0 aromatic heterocycles. The van der Waals surface area contributed by atoms with Crippen LogP contribution < -0.4 is 5.32 Å². The summed E-state index contributed by atoms with van der Waals surface area (Å²) in [5.41, 5.74) is 1.14. The Labute approximate surface area is 132 Å². The van der Waals surface area contributed by atoms with E-state index in [-0.39, 0.29) is 18.4 Å². The van der Waals surface area contributed by atoms with E-state index in [1.807, 2.05) is 35.2 Å². The fraction of sp³-hybridized carbons (Fsp3) is 0.529. The molecule has 1 N–H and O–H groups in total. The average molecular weight is 303 g/mol. The molecular formula is C17H25N3O2. The molecule has 0 aliphatic carbocycles. The lowest BCUT2D eigenvalue weighted by Gasteiger charge is -2.34. The fourth-order valence-electron chi connectivity index (χ4n) is 2.59. The molecule has 2 amide bonds. The van der Waals surface area contributed by atoms with Crippen molar-refractivity contribution in [1.82, 2.24) is 15.1 Å². The second-order valence-corrected chi connectivity index (χ2v) is 5.58. The van der Waals surface area contributed by atoms with Gasteiger partial charge in [-0.2, -0.15) is 0 Å². The van der Waals surface area contributed by atoms with Gasteiger partial charge in [-0.3, -0.25) is 9.59 Å². The molecule has 1 aliphatic rings. The zero-order valence-electron chi connectivity index (χ0n) is 13.3. The SMILES string of the molecule is CCN1CCN(C(=O)CNC(=O)CCc2ccccc2)CC1. The molecule has 1 aromatic rings. The van der Waals surface area contributed by atoms with E-state index in [0.29, 0.717) is 12.8 Å². The van der Waals surface area contributed by atoms with Crippen molar-refractivity contribution in [2.75, 3.05) is 39.3 Å². The third-order valence-electron chi connectivity index (χ3n) is 4.09. The number of rotatable bonds is 6. The van der Waals surface area contributed by atoms with Crippen LogP contribution in [0.15, 0.2) is 30.3 Å². The summed E-state index contributed by atoms with van der Waals surface area (Å²) in [6.45, 7) is 6.62. The number of benzene rings is 1. The van der Waals surface area contributed by atoms with Gasteiger partial charge >= 0.3 is 0 Å². The number of nitrogens with one attached hydrogen (secondary N) is 1. The largest absolute Gasteiger partial charge is 0.347 e. The first-order valence-corrected chi connectivity index (χ1v) is 7.99. The monoisotopic (exact) mass is 303 g/mol. The molecule has 1 aliphatic heterocycles. The maximum atomic E-state index is 12.1. The Morgan fingerprint density at radius 3 is 2.41 bits per heavy atom. The summed E-state index contributed by atoms with van der Waals surface area (Å²) in [6, 6.07) is 9.90. The zero-order chi connectivity index (χ0) is 15.8. The van der Waals surface area contributed by atoms with Gasteiger partial charge in [0.2, 0.25) is 11.8 Å². The van der Waals surface area contributed by atoms with Crippen LogP contribution in [0.25, 0.3) is 0 Å². The summed E-state index contributed by atoms with van der Waals surface area (Å²) in [4.78, 5) is 28.0. The van der Waals surface area contributed by atoms with Crippen LogP contribution in [-0.2, 0) is 16.0 Å². The topological polar surface area (TPSA) is 52.6 Å². The Kier molecular flexibility index (Phi) is 6.40. The van der Waals surface area contributed by atoms with Crippen LogP contribution in [0.2, 0.25) is 0 Å². The molecule has 0 saturated carbocycles. The van der Waals surface area contributed by atoms with E-state index in [1.54, 1.807) is 0 Å². The van der Waals surface area contributed by atoms with Gasteiger partial charge in [0.15, 0.2) is 0 Å². The Hall–Kier alpha value is -1.88. The lowest BCUT2D eigenvalue weighted by Crippen LogP contribution is -2.51. The number of hydrogen-bond donors (Lipinski definition) is 1. The van der Waals surface area contributed by atoms with Gasteiger partial charge in [-0.25, -0.2) is 0 Å². The van der Waals surface area contributed by atoms with Crippen LogP contribution >= 0.6 is 0 Å². The number of nitrogens with zero attached hydrogens (tertiary/aromatic N) is 2. The van der Waals surface area contributed by atoms with Crippen molar-refractivity contribution in [3.05, 3.63) is 35.9 Å². The standard InChI is InChI=1S/C17H25N3O2/c1-2-19-10-12-20(13-11-19)17(22)14-18-16(21)9-8-15-6-4-3-5-7-15/h3-7H,2,8-14H2,1H3,(H,18,21). The van der Waals surface area contributed by atoms with Crippen LogP contribution in [0.5, 0.6) is 0 Å². The van der Waals surface area contributed by atoms with Gasteiger partial charge in [0.1, 0.15) is 0 Å². The van der Waals surface area contributed by atoms with E-state index < -0.39 is 0 Å². The van der Waals surface area contributed by atoms with Gasteiger partial charge in [-0.1, -0.05) is 37.3 Å². The lowest BCUT2D eigenvalue weighted by molar-refractivity contribution is -0.134. The van der Waals surface area contributed by atoms with E-state index in [1.165, 1.54) is 0 Å². The van der Waals surface area contributed by atoms with E-state index in [9.17, 15) is 9.59 Å². The molecule has 1 saturated heterocycles. The first-order chi connectivity index (χ1) is 10.7. The van der Waals surface area contributed by atoms with Gasteiger partial charge in [0.25, 0.3) is 0 Å². The zero-order valence-corrected chi connectivity index (χ0v) is 13.3. The second kappa shape index (κ2) is 8.54. The summed E-state index contributed by atoms with van der Waals surface area (Å²) in [5, 5.41) is 2.73. The van der Waals surface area contributed by atoms with Crippen molar-refractivity contribution >= 4 is 11.8 Å². The van der Waals surface area contributed by atoms with Gasteiger partial charge in [0, 0.05) is 32.6 Å². The number of amides is 2. The van der Waals surface area contributed by atoms with E-state index in [0.717, 1.165) is 38.3 Å². The maximum Gasteiger partial charge on any atom is 0.242 e. The minimum absolute atomic E-state index is 0.0174. The quantitative estimate of drug-likeness (QED) is 0.849. The van der Waals surface area contributed by atoms with Crippen molar-refractivity contribution < 1.29 is 9.59 Å². The predicted octanol–water partition coefficient (Wildman–Crippen LogP) is 0.900. The summed E-state index contributed by atoms with van der Waals surface area (Å²) in [7, 11) is 0.